The Bertz CT molecular complexity index is 1040. The Hall–Kier alpha value is -1.73. The first-order valence-electron chi connectivity index (χ1n) is 12.2. The average molecular weight is 548 g/mol. The Morgan fingerprint density at radius 2 is 2.18 bits per heavy atom. The molecule has 0 spiro atoms. The fourth-order valence-electron chi connectivity index (χ4n) is 6.54. The summed E-state index contributed by atoms with van der Waals surface area (Å²) in [7, 11) is 1.72. The highest BCUT2D eigenvalue weighted by Gasteiger charge is 2.50. The third kappa shape index (κ3) is 5.25. The van der Waals surface area contributed by atoms with Gasteiger partial charge >= 0.3 is 0 Å². The molecule has 184 valence electrons. The number of carbonyl (C=O) groups is 2. The highest BCUT2D eigenvalue weighted by atomic mass is 79.9. The number of aryl methyl sites for hydroxylation is 2. The lowest BCUT2D eigenvalue weighted by atomic mass is 9.51. The van der Waals surface area contributed by atoms with Gasteiger partial charge in [-0.1, -0.05) is 35.8 Å². The Balaban J connectivity index is 1.56. The maximum Gasteiger partial charge on any atom is 0.226 e. The normalized spacial score (nSPS) is 24.9. The molecule has 0 radical (unpaired) electrons. The highest BCUT2D eigenvalue weighted by molar-refractivity contribution is 9.10. The Kier molecular flexibility index (Phi) is 7.82. The van der Waals surface area contributed by atoms with E-state index in [0.29, 0.717) is 35.7 Å². The molecular formula is C27H35BrN2O3S. The largest absolute Gasteiger partial charge is 0.497 e. The summed E-state index contributed by atoms with van der Waals surface area (Å²) in [6.07, 6.45) is 8.28. The maximum absolute atomic E-state index is 12.7. The van der Waals surface area contributed by atoms with Gasteiger partial charge in [0.05, 0.1) is 11.9 Å². The maximum atomic E-state index is 12.7. The number of hydrogen-bond donors (Lipinski definition) is 1. The summed E-state index contributed by atoms with van der Waals surface area (Å²) < 4.78 is 5.47. The van der Waals surface area contributed by atoms with Crippen molar-refractivity contribution in [1.29, 1.82) is 0 Å². The van der Waals surface area contributed by atoms with Crippen molar-refractivity contribution in [3.63, 3.8) is 0 Å². The fourth-order valence-corrected chi connectivity index (χ4v) is 7.82. The number of hydrogen-bond acceptors (Lipinski definition) is 5. The number of alkyl halides is 1. The summed E-state index contributed by atoms with van der Waals surface area (Å²) in [6.45, 7) is 6.68. The number of methoxy groups -OCH3 is 1. The van der Waals surface area contributed by atoms with Gasteiger partial charge in [-0.2, -0.15) is 0 Å². The van der Waals surface area contributed by atoms with E-state index < -0.39 is 0 Å². The second-order valence-electron chi connectivity index (χ2n) is 10.5. The second-order valence-corrected chi connectivity index (χ2v) is 12.8. The minimum Gasteiger partial charge on any atom is -0.497 e. The van der Waals surface area contributed by atoms with E-state index in [2.05, 4.69) is 58.3 Å². The topological polar surface area (TPSA) is 68.3 Å². The molecule has 1 heterocycles. The number of halogens is 1. The number of rotatable bonds is 8. The lowest BCUT2D eigenvalue weighted by molar-refractivity contribution is -0.117. The molecule has 5 nitrogen and oxygen atoms in total. The van der Waals surface area contributed by atoms with E-state index in [4.69, 9.17) is 4.74 Å². The molecule has 1 N–H and O–H groups in total. The van der Waals surface area contributed by atoms with Crippen LogP contribution in [0.25, 0.3) is 0 Å². The van der Waals surface area contributed by atoms with Crippen LogP contribution >= 0.6 is 27.3 Å². The van der Waals surface area contributed by atoms with Crippen LogP contribution < -0.4 is 10.1 Å². The molecule has 0 saturated heterocycles. The lowest BCUT2D eigenvalue weighted by Crippen LogP contribution is -2.47. The molecule has 2 aromatic rings. The molecule has 1 aromatic carbocycles. The Morgan fingerprint density at radius 3 is 2.85 bits per heavy atom. The first-order chi connectivity index (χ1) is 16.2. The number of aldehydes is 1. The van der Waals surface area contributed by atoms with Crippen molar-refractivity contribution in [2.75, 3.05) is 12.4 Å². The average Bonchev–Trinajstić information content (AvgIpc) is 3.23. The first-order valence-corrected chi connectivity index (χ1v) is 13.9. The molecule has 4 rings (SSSR count). The zero-order valence-electron chi connectivity index (χ0n) is 20.5. The van der Waals surface area contributed by atoms with Crippen LogP contribution in [0, 0.1) is 30.1 Å². The highest BCUT2D eigenvalue weighted by Crippen LogP contribution is 2.58. The first kappa shape index (κ1) is 25.4. The molecule has 34 heavy (non-hydrogen) atoms. The third-order valence-corrected chi connectivity index (χ3v) is 9.77. The molecule has 2 aliphatic rings. The van der Waals surface area contributed by atoms with Gasteiger partial charge in [-0.25, -0.2) is 4.98 Å². The second kappa shape index (κ2) is 10.5. The van der Waals surface area contributed by atoms with Crippen LogP contribution in [-0.4, -0.2) is 29.1 Å². The summed E-state index contributed by atoms with van der Waals surface area (Å²) in [5.74, 6) is 2.34. The van der Waals surface area contributed by atoms with Crippen LogP contribution in [-0.2, 0) is 16.0 Å². The molecule has 1 amide bonds. The molecule has 1 aromatic heterocycles. The monoisotopic (exact) mass is 546 g/mol. The molecular weight excluding hydrogens is 512 g/mol. The van der Waals surface area contributed by atoms with Crippen molar-refractivity contribution in [3.8, 4) is 5.75 Å². The number of anilines is 1. The van der Waals surface area contributed by atoms with Crippen molar-refractivity contribution in [1.82, 2.24) is 4.98 Å². The van der Waals surface area contributed by atoms with Gasteiger partial charge in [-0.15, -0.1) is 11.3 Å². The molecule has 7 heteroatoms. The van der Waals surface area contributed by atoms with Crippen molar-refractivity contribution < 1.29 is 14.3 Å². The molecule has 0 bridgehead atoms. The number of thiazole rings is 1. The van der Waals surface area contributed by atoms with Crippen LogP contribution in [0.15, 0.2) is 24.4 Å². The van der Waals surface area contributed by atoms with E-state index >= 15 is 0 Å². The van der Waals surface area contributed by atoms with E-state index in [1.165, 1.54) is 22.5 Å². The molecule has 5 unspecified atom stereocenters. The van der Waals surface area contributed by atoms with E-state index in [9.17, 15) is 9.59 Å². The van der Waals surface area contributed by atoms with Gasteiger partial charge in [0.1, 0.15) is 12.0 Å². The van der Waals surface area contributed by atoms with Crippen molar-refractivity contribution in [3.05, 3.63) is 40.4 Å². The van der Waals surface area contributed by atoms with Gasteiger partial charge in [-0.3, -0.25) is 4.79 Å². The number of amides is 1. The molecule has 2 aliphatic carbocycles. The Morgan fingerprint density at radius 1 is 1.38 bits per heavy atom. The summed E-state index contributed by atoms with van der Waals surface area (Å²) in [5.41, 5.74) is 2.96. The zero-order valence-corrected chi connectivity index (χ0v) is 22.9. The van der Waals surface area contributed by atoms with E-state index in [-0.39, 0.29) is 22.1 Å². The predicted molar refractivity (Wildman–Crippen MR) is 141 cm³/mol. The van der Waals surface area contributed by atoms with Crippen molar-refractivity contribution in [2.24, 2.45) is 23.2 Å². The number of ether oxygens (including phenoxy) is 1. The minimum atomic E-state index is -0.261. The van der Waals surface area contributed by atoms with Gasteiger partial charge in [0, 0.05) is 17.5 Å². The SMILES string of the molecule is COc1ccc2c(c1)CCC1C2CCC(C)(C)C1C(CCC(=O)Nc1ncc(C)s1)C(Br)C=O. The van der Waals surface area contributed by atoms with E-state index in [0.717, 1.165) is 42.6 Å². The van der Waals surface area contributed by atoms with Crippen molar-refractivity contribution in [2.45, 2.75) is 70.0 Å². The number of nitrogens with one attached hydrogen (secondary N) is 1. The Labute approximate surface area is 215 Å². The molecule has 5 atom stereocenters. The van der Waals surface area contributed by atoms with Gasteiger partial charge in [0.15, 0.2) is 5.13 Å². The van der Waals surface area contributed by atoms with Crippen LogP contribution in [0.2, 0.25) is 0 Å². The molecule has 1 fully saturated rings. The fraction of sp³-hybridized carbons (Fsp3) is 0.593. The van der Waals surface area contributed by atoms with Crippen molar-refractivity contribution >= 4 is 44.6 Å². The lowest BCUT2D eigenvalue weighted by Gasteiger charge is -2.54. The van der Waals surface area contributed by atoms with Gasteiger partial charge < -0.3 is 14.8 Å². The smallest absolute Gasteiger partial charge is 0.226 e. The summed E-state index contributed by atoms with van der Waals surface area (Å²) in [5, 5.41) is 3.57. The van der Waals surface area contributed by atoms with Gasteiger partial charge in [0.25, 0.3) is 0 Å². The number of nitrogens with zero attached hydrogens (tertiary/aromatic N) is 1. The summed E-state index contributed by atoms with van der Waals surface area (Å²) in [6, 6.07) is 6.53. The van der Waals surface area contributed by atoms with E-state index in [1.807, 2.05) is 6.92 Å². The quantitative estimate of drug-likeness (QED) is 0.301. The number of carbonyl (C=O) groups excluding carboxylic acids is 2. The molecule has 0 aliphatic heterocycles. The van der Waals surface area contributed by atoms with Gasteiger partial charge in [0.2, 0.25) is 5.91 Å². The predicted octanol–water partition coefficient (Wildman–Crippen LogP) is 6.54. The summed E-state index contributed by atoms with van der Waals surface area (Å²) >= 11 is 5.17. The number of fused-ring (bicyclic) bond motifs is 3. The van der Waals surface area contributed by atoms with Crippen LogP contribution in [0.4, 0.5) is 5.13 Å². The number of benzene rings is 1. The minimum absolute atomic E-state index is 0.0313. The van der Waals surface area contributed by atoms with Crippen LogP contribution in [0.3, 0.4) is 0 Å². The van der Waals surface area contributed by atoms with Crippen LogP contribution in [0.1, 0.15) is 67.9 Å². The van der Waals surface area contributed by atoms with E-state index in [1.54, 1.807) is 13.3 Å². The third-order valence-electron chi connectivity index (χ3n) is 8.05. The number of aromatic nitrogens is 1. The van der Waals surface area contributed by atoms with Gasteiger partial charge in [-0.05, 0) is 91.4 Å². The summed E-state index contributed by atoms with van der Waals surface area (Å²) in [4.78, 5) is 29.8. The molecule has 1 saturated carbocycles. The van der Waals surface area contributed by atoms with Crippen LogP contribution in [0.5, 0.6) is 5.75 Å². The zero-order chi connectivity index (χ0) is 24.5. The standard InChI is InChI=1S/C27H35BrN2O3S/c1-16-14-29-26(34-16)30-24(32)10-9-22(23(28)15-31)25-21-7-5-17-13-18(33-4)6-8-19(17)20(21)11-12-27(25,2)3/h6,8,13-15,20-23,25H,5,7,9-12H2,1-4H3,(H,29,30,32).